The van der Waals surface area contributed by atoms with Crippen molar-refractivity contribution in [2.45, 2.75) is 27.2 Å². The molecule has 0 radical (unpaired) electrons. The van der Waals surface area contributed by atoms with Crippen molar-refractivity contribution >= 4 is 11.9 Å². The normalized spacial score (nSPS) is 22.1. The summed E-state index contributed by atoms with van der Waals surface area (Å²) in [6.45, 7) is 6.31. The van der Waals surface area contributed by atoms with Crippen molar-refractivity contribution < 1.29 is 14.7 Å². The maximum atomic E-state index is 12.6. The van der Waals surface area contributed by atoms with Gasteiger partial charge in [0, 0.05) is 13.1 Å². The summed E-state index contributed by atoms with van der Waals surface area (Å²) in [5.41, 5.74) is 1.89. The first-order valence-electron chi connectivity index (χ1n) is 6.79. The number of carboxylic acids is 1. The van der Waals surface area contributed by atoms with Gasteiger partial charge in [-0.3, -0.25) is 9.59 Å². The molecule has 2 unspecified atom stereocenters. The molecule has 1 aromatic heterocycles. The van der Waals surface area contributed by atoms with E-state index in [-0.39, 0.29) is 18.4 Å². The van der Waals surface area contributed by atoms with Gasteiger partial charge in [-0.05, 0) is 25.3 Å². The first-order chi connectivity index (χ1) is 9.43. The van der Waals surface area contributed by atoms with Gasteiger partial charge in [-0.2, -0.15) is 10.2 Å². The van der Waals surface area contributed by atoms with E-state index in [1.165, 1.54) is 0 Å². The summed E-state index contributed by atoms with van der Waals surface area (Å²) in [4.78, 5) is 25.3. The van der Waals surface area contributed by atoms with Gasteiger partial charge in [0.1, 0.15) is 0 Å². The second-order valence-electron chi connectivity index (χ2n) is 5.33. The third-order valence-corrected chi connectivity index (χ3v) is 3.77. The molecule has 2 heterocycles. The zero-order chi connectivity index (χ0) is 14.9. The smallest absolute Gasteiger partial charge is 0.308 e. The van der Waals surface area contributed by atoms with E-state index in [2.05, 4.69) is 10.2 Å². The van der Waals surface area contributed by atoms with Crippen molar-refractivity contribution in [3.63, 3.8) is 0 Å². The average Bonchev–Trinajstić information content (AvgIpc) is 2.80. The van der Waals surface area contributed by atoms with E-state index in [9.17, 15) is 9.59 Å². The summed E-state index contributed by atoms with van der Waals surface area (Å²) < 4.78 is 0. The number of hydrogen-bond acceptors (Lipinski definition) is 4. The van der Waals surface area contributed by atoms with Crippen LogP contribution in [0, 0.1) is 18.8 Å². The Labute approximate surface area is 117 Å². The molecule has 2 atom stereocenters. The van der Waals surface area contributed by atoms with Crippen LogP contribution in [0.25, 0.3) is 0 Å². The van der Waals surface area contributed by atoms with Crippen LogP contribution in [0.1, 0.15) is 35.6 Å². The van der Waals surface area contributed by atoms with E-state index < -0.39 is 11.9 Å². The fraction of sp³-hybridized carbons (Fsp3) is 0.571. The Morgan fingerprint density at radius 1 is 1.40 bits per heavy atom. The fourth-order valence-electron chi connectivity index (χ4n) is 2.58. The van der Waals surface area contributed by atoms with Crippen LogP contribution in [0.4, 0.5) is 0 Å². The predicted molar refractivity (Wildman–Crippen MR) is 72.3 cm³/mol. The summed E-state index contributed by atoms with van der Waals surface area (Å²) in [6.07, 6.45) is 0.625. The molecule has 1 saturated heterocycles. The number of carbonyl (C=O) groups is 2. The summed E-state index contributed by atoms with van der Waals surface area (Å²) >= 11 is 0. The molecule has 108 valence electrons. The van der Waals surface area contributed by atoms with E-state index in [1.807, 2.05) is 13.8 Å². The standard InChI is InChI=1S/C14H19N3O3/c1-4-12-10(5-9(3)15-16-12)13(18)17-6-8(2)11(7-17)14(19)20/h5,8,11H,4,6-7H2,1-3H3,(H,19,20). The Hall–Kier alpha value is -1.98. The third-order valence-electron chi connectivity index (χ3n) is 3.77. The van der Waals surface area contributed by atoms with Crippen LogP contribution in [-0.2, 0) is 11.2 Å². The van der Waals surface area contributed by atoms with Crippen molar-refractivity contribution in [2.24, 2.45) is 11.8 Å². The van der Waals surface area contributed by atoms with Crippen molar-refractivity contribution in [2.75, 3.05) is 13.1 Å². The predicted octanol–water partition coefficient (Wildman–Crippen LogP) is 1.14. The SMILES string of the molecule is CCc1nnc(C)cc1C(=O)N1CC(C)C(C(=O)O)C1. The third kappa shape index (κ3) is 2.64. The van der Waals surface area contributed by atoms with Crippen molar-refractivity contribution in [1.82, 2.24) is 15.1 Å². The first kappa shape index (κ1) is 14.4. The summed E-state index contributed by atoms with van der Waals surface area (Å²) in [7, 11) is 0. The zero-order valence-electron chi connectivity index (χ0n) is 12.0. The second kappa shape index (κ2) is 5.56. The van der Waals surface area contributed by atoms with E-state index in [4.69, 9.17) is 5.11 Å². The van der Waals surface area contributed by atoms with Gasteiger partial charge in [0.15, 0.2) is 0 Å². The number of aliphatic carboxylic acids is 1. The summed E-state index contributed by atoms with van der Waals surface area (Å²) in [5.74, 6) is -1.50. The van der Waals surface area contributed by atoms with Crippen molar-refractivity contribution in [3.05, 3.63) is 23.0 Å². The van der Waals surface area contributed by atoms with Gasteiger partial charge in [-0.1, -0.05) is 13.8 Å². The van der Waals surface area contributed by atoms with Gasteiger partial charge in [-0.25, -0.2) is 0 Å². The van der Waals surface area contributed by atoms with Gasteiger partial charge >= 0.3 is 5.97 Å². The topological polar surface area (TPSA) is 83.4 Å². The van der Waals surface area contributed by atoms with Crippen molar-refractivity contribution in [1.29, 1.82) is 0 Å². The molecule has 0 bridgehead atoms. The zero-order valence-corrected chi connectivity index (χ0v) is 12.0. The molecule has 20 heavy (non-hydrogen) atoms. The highest BCUT2D eigenvalue weighted by Crippen LogP contribution is 2.25. The second-order valence-corrected chi connectivity index (χ2v) is 5.33. The monoisotopic (exact) mass is 277 g/mol. The Balaban J connectivity index is 2.25. The lowest BCUT2D eigenvalue weighted by molar-refractivity contribution is -0.142. The highest BCUT2D eigenvalue weighted by molar-refractivity contribution is 5.96. The van der Waals surface area contributed by atoms with Crippen LogP contribution in [0.3, 0.4) is 0 Å². The van der Waals surface area contributed by atoms with E-state index in [0.717, 1.165) is 0 Å². The molecule has 1 amide bonds. The number of carboxylic acid groups (broad SMARTS) is 1. The lowest BCUT2D eigenvalue weighted by Gasteiger charge is -2.17. The van der Waals surface area contributed by atoms with Gasteiger partial charge in [-0.15, -0.1) is 0 Å². The molecule has 1 aliphatic heterocycles. The Kier molecular flexibility index (Phi) is 4.01. The molecule has 1 fully saturated rings. The first-order valence-corrected chi connectivity index (χ1v) is 6.79. The molecule has 2 rings (SSSR count). The molecule has 0 aliphatic carbocycles. The lowest BCUT2D eigenvalue weighted by atomic mass is 9.99. The van der Waals surface area contributed by atoms with E-state index in [1.54, 1.807) is 17.9 Å². The van der Waals surface area contributed by atoms with Gasteiger partial charge in [0.05, 0.1) is 22.9 Å². The number of nitrogens with zero attached hydrogens (tertiary/aromatic N) is 3. The van der Waals surface area contributed by atoms with Crippen LogP contribution >= 0.6 is 0 Å². The number of aromatic nitrogens is 2. The van der Waals surface area contributed by atoms with Crippen LogP contribution in [-0.4, -0.2) is 45.2 Å². The Morgan fingerprint density at radius 3 is 2.65 bits per heavy atom. The van der Waals surface area contributed by atoms with Gasteiger partial charge in [0.25, 0.3) is 5.91 Å². The molecular formula is C14H19N3O3. The van der Waals surface area contributed by atoms with Gasteiger partial charge in [0.2, 0.25) is 0 Å². The molecule has 0 spiro atoms. The minimum atomic E-state index is -0.840. The van der Waals surface area contributed by atoms with E-state index in [0.29, 0.717) is 29.9 Å². The van der Waals surface area contributed by atoms with Crippen LogP contribution < -0.4 is 0 Å². The number of likely N-dealkylation sites (tertiary alicyclic amines) is 1. The van der Waals surface area contributed by atoms with Crippen molar-refractivity contribution in [3.8, 4) is 0 Å². The highest BCUT2D eigenvalue weighted by atomic mass is 16.4. The quantitative estimate of drug-likeness (QED) is 0.895. The number of carbonyl (C=O) groups excluding carboxylic acids is 1. The minimum Gasteiger partial charge on any atom is -0.481 e. The fourth-order valence-corrected chi connectivity index (χ4v) is 2.58. The largest absolute Gasteiger partial charge is 0.481 e. The van der Waals surface area contributed by atoms with Crippen LogP contribution in [0.15, 0.2) is 6.07 Å². The molecule has 1 aliphatic rings. The van der Waals surface area contributed by atoms with Crippen LogP contribution in [0.2, 0.25) is 0 Å². The maximum Gasteiger partial charge on any atom is 0.308 e. The van der Waals surface area contributed by atoms with Gasteiger partial charge < -0.3 is 10.0 Å². The Bertz CT molecular complexity index is 544. The van der Waals surface area contributed by atoms with E-state index >= 15 is 0 Å². The highest BCUT2D eigenvalue weighted by Gasteiger charge is 2.37. The number of rotatable bonds is 3. The Morgan fingerprint density at radius 2 is 2.10 bits per heavy atom. The lowest BCUT2D eigenvalue weighted by Crippen LogP contribution is -2.31. The molecule has 0 aromatic carbocycles. The number of amides is 1. The number of hydrogen-bond donors (Lipinski definition) is 1. The summed E-state index contributed by atoms with van der Waals surface area (Å²) in [6, 6.07) is 1.73. The molecule has 1 aromatic rings. The molecule has 6 heteroatoms. The number of aryl methyl sites for hydroxylation is 2. The molecular weight excluding hydrogens is 258 g/mol. The molecule has 6 nitrogen and oxygen atoms in total. The maximum absolute atomic E-state index is 12.6. The average molecular weight is 277 g/mol. The molecule has 0 saturated carbocycles. The minimum absolute atomic E-state index is 0.0302. The molecule has 1 N–H and O–H groups in total. The van der Waals surface area contributed by atoms with Crippen LogP contribution in [0.5, 0.6) is 0 Å². The summed E-state index contributed by atoms with van der Waals surface area (Å²) in [5, 5.41) is 17.1.